The van der Waals surface area contributed by atoms with Crippen LogP contribution in [0.1, 0.15) is 26.6 Å². The smallest absolute Gasteiger partial charge is 0.264 e. The van der Waals surface area contributed by atoms with Crippen LogP contribution in [-0.2, 0) is 13.1 Å². The zero-order valence-corrected chi connectivity index (χ0v) is 15.5. The van der Waals surface area contributed by atoms with Crippen LogP contribution in [0.4, 0.5) is 0 Å². The number of hydrogen-bond donors (Lipinski definition) is 0. The molecule has 4 aromatic rings. The summed E-state index contributed by atoms with van der Waals surface area (Å²) in [5.41, 5.74) is 3.56. The first-order valence-corrected chi connectivity index (χ1v) is 9.21. The summed E-state index contributed by atoms with van der Waals surface area (Å²) < 4.78 is 10.1. The first-order chi connectivity index (χ1) is 13.2. The van der Waals surface area contributed by atoms with Crippen LogP contribution in [0.2, 0.25) is 0 Å². The Labute approximate surface area is 160 Å². The molecule has 0 aliphatic carbocycles. The van der Waals surface area contributed by atoms with Crippen molar-refractivity contribution >= 4 is 17.2 Å². The number of amides is 1. The van der Waals surface area contributed by atoms with Gasteiger partial charge in [0.05, 0.1) is 29.4 Å². The van der Waals surface area contributed by atoms with E-state index in [0.29, 0.717) is 29.4 Å². The molecular weight excluding hydrogens is 362 g/mol. The average molecular weight is 379 g/mol. The van der Waals surface area contributed by atoms with Crippen LogP contribution in [0.15, 0.2) is 70.5 Å². The number of hydrogen-bond acceptors (Lipinski definition) is 6. The Balaban J connectivity index is 1.63. The van der Waals surface area contributed by atoms with Crippen molar-refractivity contribution in [1.82, 2.24) is 14.9 Å². The third kappa shape index (κ3) is 3.83. The standard InChI is InChI=1S/C20H17N3O3S/c1-14-7-18(27-19(14)15-5-3-2-4-6-15)20(24)23(8-16-10-25-12-21-16)9-17-11-26-13-22-17/h2-7,10-13H,8-9H2,1H3. The van der Waals surface area contributed by atoms with Gasteiger partial charge < -0.3 is 13.7 Å². The van der Waals surface area contributed by atoms with Gasteiger partial charge in [-0.3, -0.25) is 4.79 Å². The number of carbonyl (C=O) groups excluding carboxylic acids is 1. The SMILES string of the molecule is Cc1cc(C(=O)N(Cc2cocn2)Cc2cocn2)sc1-c1ccccc1. The fourth-order valence-corrected chi connectivity index (χ4v) is 3.99. The maximum Gasteiger partial charge on any atom is 0.264 e. The van der Waals surface area contributed by atoms with Gasteiger partial charge in [-0.25, -0.2) is 9.97 Å². The predicted octanol–water partition coefficient (Wildman–Crippen LogP) is 4.54. The van der Waals surface area contributed by atoms with Crippen LogP contribution >= 0.6 is 11.3 Å². The summed E-state index contributed by atoms with van der Waals surface area (Å²) in [5, 5.41) is 0. The third-order valence-corrected chi connectivity index (χ3v) is 5.40. The van der Waals surface area contributed by atoms with Gasteiger partial charge in [-0.1, -0.05) is 30.3 Å². The van der Waals surface area contributed by atoms with E-state index >= 15 is 0 Å². The van der Waals surface area contributed by atoms with Crippen LogP contribution in [0, 0.1) is 6.92 Å². The summed E-state index contributed by atoms with van der Waals surface area (Å²) >= 11 is 1.50. The van der Waals surface area contributed by atoms with E-state index in [1.807, 2.05) is 31.2 Å². The third-order valence-electron chi connectivity index (χ3n) is 4.12. The molecule has 0 N–H and O–H groups in total. The Hall–Kier alpha value is -3.19. The summed E-state index contributed by atoms with van der Waals surface area (Å²) in [5.74, 6) is -0.0729. The van der Waals surface area contributed by atoms with E-state index in [9.17, 15) is 4.79 Å². The van der Waals surface area contributed by atoms with Gasteiger partial charge in [-0.2, -0.15) is 0 Å². The van der Waals surface area contributed by atoms with Crippen LogP contribution in [0.5, 0.6) is 0 Å². The molecule has 3 aromatic heterocycles. The van der Waals surface area contributed by atoms with E-state index in [2.05, 4.69) is 22.1 Å². The van der Waals surface area contributed by atoms with Gasteiger partial charge in [-0.15, -0.1) is 11.3 Å². The Morgan fingerprint density at radius 2 is 1.67 bits per heavy atom. The molecule has 0 aliphatic heterocycles. The Bertz CT molecular complexity index is 972. The molecule has 0 unspecified atom stereocenters. The van der Waals surface area contributed by atoms with Crippen LogP contribution in [0.3, 0.4) is 0 Å². The molecule has 0 atom stereocenters. The van der Waals surface area contributed by atoms with E-state index in [0.717, 1.165) is 16.0 Å². The first-order valence-electron chi connectivity index (χ1n) is 8.40. The molecule has 0 aliphatic rings. The van der Waals surface area contributed by atoms with Gasteiger partial charge in [0.1, 0.15) is 12.5 Å². The first kappa shape index (κ1) is 17.2. The average Bonchev–Trinajstić information content (AvgIpc) is 3.44. The van der Waals surface area contributed by atoms with E-state index < -0.39 is 0 Å². The molecule has 0 fully saturated rings. The van der Waals surface area contributed by atoms with Gasteiger partial charge in [0.15, 0.2) is 12.8 Å². The second-order valence-corrected chi connectivity index (χ2v) is 7.16. The number of rotatable bonds is 6. The molecule has 0 spiro atoms. The minimum atomic E-state index is -0.0729. The molecule has 0 saturated heterocycles. The second-order valence-electron chi connectivity index (χ2n) is 6.11. The maximum absolute atomic E-state index is 13.2. The molecule has 6 nitrogen and oxygen atoms in total. The van der Waals surface area contributed by atoms with E-state index in [-0.39, 0.29) is 5.91 Å². The molecule has 136 valence electrons. The molecule has 1 amide bonds. The van der Waals surface area contributed by atoms with E-state index in [4.69, 9.17) is 8.83 Å². The van der Waals surface area contributed by atoms with Gasteiger partial charge in [0.25, 0.3) is 5.91 Å². The lowest BCUT2D eigenvalue weighted by atomic mass is 10.1. The number of carbonyl (C=O) groups is 1. The minimum Gasteiger partial charge on any atom is -0.451 e. The zero-order valence-electron chi connectivity index (χ0n) is 14.7. The summed E-state index contributed by atoms with van der Waals surface area (Å²) in [6.45, 7) is 2.69. The summed E-state index contributed by atoms with van der Waals surface area (Å²) in [6, 6.07) is 12.0. The van der Waals surface area contributed by atoms with Crippen molar-refractivity contribution in [3.8, 4) is 10.4 Å². The van der Waals surface area contributed by atoms with Crippen molar-refractivity contribution in [2.24, 2.45) is 0 Å². The van der Waals surface area contributed by atoms with Crippen molar-refractivity contribution < 1.29 is 13.6 Å². The monoisotopic (exact) mass is 379 g/mol. The van der Waals surface area contributed by atoms with Crippen molar-refractivity contribution in [3.05, 3.63) is 83.5 Å². The fourth-order valence-electron chi connectivity index (χ4n) is 2.84. The predicted molar refractivity (Wildman–Crippen MR) is 101 cm³/mol. The van der Waals surface area contributed by atoms with Crippen molar-refractivity contribution in [2.45, 2.75) is 20.0 Å². The van der Waals surface area contributed by atoms with Crippen LogP contribution in [0.25, 0.3) is 10.4 Å². The molecule has 1 aromatic carbocycles. The van der Waals surface area contributed by atoms with E-state index in [1.54, 1.807) is 4.90 Å². The quantitative estimate of drug-likeness (QED) is 0.492. The Kier molecular flexibility index (Phi) is 4.84. The molecule has 0 bridgehead atoms. The van der Waals surface area contributed by atoms with E-state index in [1.165, 1.54) is 36.7 Å². The highest BCUT2D eigenvalue weighted by molar-refractivity contribution is 7.17. The van der Waals surface area contributed by atoms with Gasteiger partial charge in [-0.05, 0) is 24.1 Å². The Morgan fingerprint density at radius 1 is 1.04 bits per heavy atom. The molecule has 27 heavy (non-hydrogen) atoms. The Morgan fingerprint density at radius 3 is 2.22 bits per heavy atom. The molecular formula is C20H17N3O3S. The highest BCUT2D eigenvalue weighted by Crippen LogP contribution is 2.33. The lowest BCUT2D eigenvalue weighted by Gasteiger charge is -2.19. The maximum atomic E-state index is 13.2. The second kappa shape index (κ2) is 7.59. The lowest BCUT2D eigenvalue weighted by molar-refractivity contribution is 0.0730. The number of aryl methyl sites for hydroxylation is 1. The highest BCUT2D eigenvalue weighted by atomic mass is 32.1. The van der Waals surface area contributed by atoms with Crippen molar-refractivity contribution in [1.29, 1.82) is 0 Å². The van der Waals surface area contributed by atoms with Crippen LogP contribution in [-0.4, -0.2) is 20.8 Å². The normalized spacial score (nSPS) is 10.9. The number of thiophene rings is 1. The number of benzene rings is 1. The number of nitrogens with zero attached hydrogens (tertiary/aromatic N) is 3. The topological polar surface area (TPSA) is 72.4 Å². The molecule has 3 heterocycles. The number of oxazole rings is 2. The summed E-state index contributed by atoms with van der Waals surface area (Å²) in [7, 11) is 0. The summed E-state index contributed by atoms with van der Waals surface area (Å²) in [4.78, 5) is 24.9. The van der Waals surface area contributed by atoms with Gasteiger partial charge in [0, 0.05) is 4.88 Å². The molecule has 0 saturated carbocycles. The molecule has 4 rings (SSSR count). The fraction of sp³-hybridized carbons (Fsp3) is 0.150. The lowest BCUT2D eigenvalue weighted by Crippen LogP contribution is -2.29. The zero-order chi connectivity index (χ0) is 18.6. The van der Waals surface area contributed by atoms with Gasteiger partial charge >= 0.3 is 0 Å². The minimum absolute atomic E-state index is 0.0729. The van der Waals surface area contributed by atoms with Crippen molar-refractivity contribution in [3.63, 3.8) is 0 Å². The van der Waals surface area contributed by atoms with Gasteiger partial charge in [0.2, 0.25) is 0 Å². The summed E-state index contributed by atoms with van der Waals surface area (Å²) in [6.07, 6.45) is 5.80. The number of aromatic nitrogens is 2. The molecule has 0 radical (unpaired) electrons. The largest absolute Gasteiger partial charge is 0.451 e. The van der Waals surface area contributed by atoms with Crippen molar-refractivity contribution in [2.75, 3.05) is 0 Å². The molecule has 7 heteroatoms. The highest BCUT2D eigenvalue weighted by Gasteiger charge is 2.22. The van der Waals surface area contributed by atoms with Crippen LogP contribution < -0.4 is 0 Å².